The van der Waals surface area contributed by atoms with Crippen molar-refractivity contribution in [3.05, 3.63) is 6.54 Å². The van der Waals surface area contributed by atoms with E-state index in [4.69, 9.17) is 0 Å². The van der Waals surface area contributed by atoms with Crippen LogP contribution in [-0.4, -0.2) is 35.8 Å². The summed E-state index contributed by atoms with van der Waals surface area (Å²) in [6.07, 6.45) is 0. The molecule has 1 heterocycles. The van der Waals surface area contributed by atoms with Crippen LogP contribution in [0.5, 0.6) is 0 Å². The Bertz CT molecular complexity index is 166. The highest BCUT2D eigenvalue weighted by atomic mass is 16.2. The van der Waals surface area contributed by atoms with E-state index in [1.807, 2.05) is 0 Å². The second-order valence-corrected chi connectivity index (χ2v) is 1.92. The number of rotatable bonds is 0. The molecule has 3 amide bonds. The monoisotopic (exact) mass is 127 g/mol. The molecular formula is C5H7N2O2. The van der Waals surface area contributed by atoms with Crippen molar-refractivity contribution < 1.29 is 9.59 Å². The second kappa shape index (κ2) is 1.72. The lowest BCUT2D eigenvalue weighted by Crippen LogP contribution is -2.27. The van der Waals surface area contributed by atoms with E-state index in [1.54, 1.807) is 7.05 Å². The van der Waals surface area contributed by atoms with Gasteiger partial charge < -0.3 is 4.90 Å². The Hall–Kier alpha value is -1.06. The van der Waals surface area contributed by atoms with Gasteiger partial charge in [0, 0.05) is 14.1 Å². The van der Waals surface area contributed by atoms with Gasteiger partial charge in [-0.3, -0.25) is 9.69 Å². The van der Waals surface area contributed by atoms with Gasteiger partial charge in [-0.15, -0.1) is 0 Å². The first kappa shape index (κ1) is 6.07. The number of likely N-dealkylation sites (N-methyl/N-ethyl adjacent to an activating group) is 2. The van der Waals surface area contributed by atoms with Gasteiger partial charge in [-0.25, -0.2) is 4.79 Å². The summed E-state index contributed by atoms with van der Waals surface area (Å²) in [5, 5.41) is 0. The van der Waals surface area contributed by atoms with Crippen molar-refractivity contribution >= 4 is 11.9 Å². The first-order chi connectivity index (χ1) is 4.13. The summed E-state index contributed by atoms with van der Waals surface area (Å²) in [6, 6.07) is -0.278. The molecule has 0 N–H and O–H groups in total. The maximum absolute atomic E-state index is 10.7. The third-order valence-electron chi connectivity index (χ3n) is 1.22. The summed E-state index contributed by atoms with van der Waals surface area (Å²) in [5.74, 6) is -0.262. The molecule has 49 valence electrons. The normalized spacial score (nSPS) is 19.8. The van der Waals surface area contributed by atoms with Crippen LogP contribution < -0.4 is 0 Å². The van der Waals surface area contributed by atoms with Gasteiger partial charge in [0.05, 0.1) is 0 Å². The lowest BCUT2D eigenvalue weighted by Gasteiger charge is -2.05. The van der Waals surface area contributed by atoms with Gasteiger partial charge in [-0.05, 0) is 0 Å². The van der Waals surface area contributed by atoms with Crippen molar-refractivity contribution in [3.63, 3.8) is 0 Å². The highest BCUT2D eigenvalue weighted by molar-refractivity contribution is 6.05. The standard InChI is InChI=1S/C5H7N2O2/c1-6-3-4(8)7(2)5(6)9/h3H,1-2H3. The van der Waals surface area contributed by atoms with E-state index >= 15 is 0 Å². The highest BCUT2D eigenvalue weighted by Gasteiger charge is 2.30. The topological polar surface area (TPSA) is 40.6 Å². The number of hydrogen-bond donors (Lipinski definition) is 0. The maximum Gasteiger partial charge on any atom is 0.327 e. The van der Waals surface area contributed by atoms with Crippen LogP contribution in [0.3, 0.4) is 0 Å². The smallest absolute Gasteiger partial charge is 0.313 e. The van der Waals surface area contributed by atoms with Crippen LogP contribution in [0.2, 0.25) is 0 Å². The molecule has 1 saturated heterocycles. The van der Waals surface area contributed by atoms with E-state index in [0.29, 0.717) is 0 Å². The zero-order valence-electron chi connectivity index (χ0n) is 5.29. The summed E-state index contributed by atoms with van der Waals surface area (Å²) in [4.78, 5) is 23.6. The third-order valence-corrected chi connectivity index (χ3v) is 1.22. The van der Waals surface area contributed by atoms with Crippen LogP contribution in [0.25, 0.3) is 0 Å². The van der Waals surface area contributed by atoms with Crippen LogP contribution >= 0.6 is 0 Å². The summed E-state index contributed by atoms with van der Waals surface area (Å²) < 4.78 is 0. The number of nitrogens with zero attached hydrogens (tertiary/aromatic N) is 2. The Morgan fingerprint density at radius 3 is 2.00 bits per heavy atom. The Morgan fingerprint density at radius 1 is 1.33 bits per heavy atom. The molecule has 0 bridgehead atoms. The van der Waals surface area contributed by atoms with E-state index in [1.165, 1.54) is 18.5 Å². The zero-order chi connectivity index (χ0) is 7.02. The van der Waals surface area contributed by atoms with Crippen LogP contribution in [0, 0.1) is 6.54 Å². The van der Waals surface area contributed by atoms with E-state index in [0.717, 1.165) is 4.90 Å². The van der Waals surface area contributed by atoms with Crippen molar-refractivity contribution in [1.29, 1.82) is 0 Å². The molecule has 0 aromatic carbocycles. The quantitative estimate of drug-likeness (QED) is 0.418. The fourth-order valence-electron chi connectivity index (χ4n) is 0.638. The van der Waals surface area contributed by atoms with Crippen molar-refractivity contribution in [1.82, 2.24) is 9.80 Å². The Balaban J connectivity index is 2.77. The minimum Gasteiger partial charge on any atom is -0.313 e. The Morgan fingerprint density at radius 2 is 1.89 bits per heavy atom. The Labute approximate surface area is 53.0 Å². The van der Waals surface area contributed by atoms with Gasteiger partial charge in [-0.2, -0.15) is 0 Å². The highest BCUT2D eigenvalue weighted by Crippen LogP contribution is 2.07. The minimum atomic E-state index is -0.278. The second-order valence-electron chi connectivity index (χ2n) is 1.92. The molecule has 0 aliphatic carbocycles. The summed E-state index contributed by atoms with van der Waals surface area (Å²) in [5.41, 5.74) is 0. The maximum atomic E-state index is 10.7. The lowest BCUT2D eigenvalue weighted by molar-refractivity contribution is -0.122. The number of amides is 3. The molecule has 1 fully saturated rings. The number of imide groups is 1. The van der Waals surface area contributed by atoms with Gasteiger partial charge in [0.25, 0.3) is 5.91 Å². The summed E-state index contributed by atoms with van der Waals surface area (Å²) in [6.45, 7) is 1.25. The number of carbonyl (C=O) groups excluding carboxylic acids is 2. The van der Waals surface area contributed by atoms with E-state index < -0.39 is 0 Å². The van der Waals surface area contributed by atoms with Crippen LogP contribution in [0.1, 0.15) is 0 Å². The predicted octanol–water partition coefficient (Wildman–Crippen LogP) is -0.328. The fraction of sp³-hybridized carbons (Fsp3) is 0.400. The molecule has 4 nitrogen and oxygen atoms in total. The number of hydrogen-bond acceptors (Lipinski definition) is 2. The van der Waals surface area contributed by atoms with Crippen LogP contribution in [0.15, 0.2) is 0 Å². The SMILES string of the molecule is CN1[CH]C(=O)N(C)C1=O. The molecule has 4 heteroatoms. The average molecular weight is 127 g/mol. The van der Waals surface area contributed by atoms with Gasteiger partial charge in [0.1, 0.15) is 6.54 Å². The molecule has 1 aliphatic rings. The number of carbonyl (C=O) groups is 2. The average Bonchev–Trinajstić information content (AvgIpc) is 1.98. The summed E-state index contributed by atoms with van der Waals surface area (Å²) in [7, 11) is 2.99. The predicted molar refractivity (Wildman–Crippen MR) is 30.2 cm³/mol. The first-order valence-corrected chi connectivity index (χ1v) is 2.52. The van der Waals surface area contributed by atoms with E-state index in [9.17, 15) is 9.59 Å². The van der Waals surface area contributed by atoms with Gasteiger partial charge in [-0.1, -0.05) is 0 Å². The van der Waals surface area contributed by atoms with Gasteiger partial charge in [0.15, 0.2) is 0 Å². The Kier molecular flexibility index (Phi) is 1.16. The number of urea groups is 1. The summed E-state index contributed by atoms with van der Waals surface area (Å²) >= 11 is 0. The molecule has 0 saturated carbocycles. The zero-order valence-corrected chi connectivity index (χ0v) is 5.29. The van der Waals surface area contributed by atoms with Crippen molar-refractivity contribution in [3.8, 4) is 0 Å². The van der Waals surface area contributed by atoms with Crippen LogP contribution in [0.4, 0.5) is 4.79 Å². The molecule has 0 aromatic heterocycles. The largest absolute Gasteiger partial charge is 0.327 e. The molecule has 0 aromatic rings. The van der Waals surface area contributed by atoms with Gasteiger partial charge >= 0.3 is 6.03 Å². The lowest BCUT2D eigenvalue weighted by atomic mass is 10.6. The van der Waals surface area contributed by atoms with Gasteiger partial charge in [0.2, 0.25) is 0 Å². The minimum absolute atomic E-state index is 0.262. The van der Waals surface area contributed by atoms with Crippen molar-refractivity contribution in [2.24, 2.45) is 0 Å². The van der Waals surface area contributed by atoms with E-state index in [2.05, 4.69) is 0 Å². The molecule has 1 radical (unpaired) electrons. The molecule has 9 heavy (non-hydrogen) atoms. The molecule has 0 atom stereocenters. The van der Waals surface area contributed by atoms with Crippen molar-refractivity contribution in [2.75, 3.05) is 14.1 Å². The van der Waals surface area contributed by atoms with E-state index in [-0.39, 0.29) is 11.9 Å². The molecule has 0 spiro atoms. The third kappa shape index (κ3) is 0.759. The molecule has 0 unspecified atom stereocenters. The van der Waals surface area contributed by atoms with Crippen molar-refractivity contribution in [2.45, 2.75) is 0 Å². The fourth-order valence-corrected chi connectivity index (χ4v) is 0.638. The first-order valence-electron chi connectivity index (χ1n) is 2.52. The molecule has 1 rings (SSSR count). The molecule has 1 aliphatic heterocycles. The van der Waals surface area contributed by atoms with Crippen LogP contribution in [-0.2, 0) is 4.79 Å². The molecular weight excluding hydrogens is 120 g/mol.